The number of amides is 1. The Bertz CT molecular complexity index is 518. The van der Waals surface area contributed by atoms with Crippen LogP contribution in [0.1, 0.15) is 18.4 Å². The number of likely N-dealkylation sites (tertiary alicyclic amines) is 1. The van der Waals surface area contributed by atoms with Crippen molar-refractivity contribution in [1.29, 1.82) is 0 Å². The summed E-state index contributed by atoms with van der Waals surface area (Å²) >= 11 is 0. The van der Waals surface area contributed by atoms with E-state index in [4.69, 9.17) is 4.74 Å². The van der Waals surface area contributed by atoms with Gasteiger partial charge in [-0.05, 0) is 36.5 Å². The molecule has 0 unspecified atom stereocenters. The number of fused-ring (bicyclic) bond motifs is 1. The third-order valence-electron chi connectivity index (χ3n) is 4.77. The number of morpholine rings is 1. The highest BCUT2D eigenvalue weighted by Crippen LogP contribution is 2.32. The zero-order valence-corrected chi connectivity index (χ0v) is 12.1. The molecule has 4 rings (SSSR count). The lowest BCUT2D eigenvalue weighted by atomic mass is 10.1. The van der Waals surface area contributed by atoms with Crippen LogP contribution in [0.2, 0.25) is 0 Å². The predicted molar refractivity (Wildman–Crippen MR) is 77.5 cm³/mol. The third kappa shape index (κ3) is 2.80. The quantitative estimate of drug-likeness (QED) is 0.825. The molecule has 1 aliphatic carbocycles. The van der Waals surface area contributed by atoms with Gasteiger partial charge in [-0.1, -0.05) is 0 Å². The molecule has 1 saturated carbocycles. The summed E-state index contributed by atoms with van der Waals surface area (Å²) in [5.41, 5.74) is 1.14. The van der Waals surface area contributed by atoms with E-state index in [-0.39, 0.29) is 24.7 Å². The van der Waals surface area contributed by atoms with E-state index in [9.17, 15) is 4.79 Å². The number of nitrogens with zero attached hydrogens (tertiary/aromatic N) is 3. The van der Waals surface area contributed by atoms with Gasteiger partial charge in [0.2, 0.25) is 5.91 Å². The van der Waals surface area contributed by atoms with Gasteiger partial charge in [0.25, 0.3) is 0 Å². The molecule has 112 valence electrons. The maximum Gasteiger partial charge on any atom is 0.249 e. The molecular weight excluding hydrogens is 266 g/mol. The Morgan fingerprint density at radius 2 is 2.05 bits per heavy atom. The summed E-state index contributed by atoms with van der Waals surface area (Å²) in [6.45, 7) is 4.00. The molecule has 2 saturated heterocycles. The van der Waals surface area contributed by atoms with Gasteiger partial charge < -0.3 is 9.64 Å². The molecule has 1 amide bonds. The van der Waals surface area contributed by atoms with Gasteiger partial charge in [0.1, 0.15) is 6.61 Å². The van der Waals surface area contributed by atoms with Crippen LogP contribution in [-0.4, -0.2) is 59.1 Å². The standard InChI is InChI=1S/C16H21N3O2/c20-16-11-21-15-10-18(7-12-1-2-12)9-14(15)19(16)8-13-3-5-17-6-4-13/h3-6,12,14-15H,1-2,7-11H2/t14-,15-/m1/s1. The maximum atomic E-state index is 12.2. The average Bonchev–Trinajstić information content (AvgIpc) is 3.21. The van der Waals surface area contributed by atoms with Crippen LogP contribution in [0, 0.1) is 5.92 Å². The lowest BCUT2D eigenvalue weighted by Gasteiger charge is -2.36. The van der Waals surface area contributed by atoms with E-state index < -0.39 is 0 Å². The molecule has 0 radical (unpaired) electrons. The number of hydrogen-bond acceptors (Lipinski definition) is 4. The number of aromatic nitrogens is 1. The minimum Gasteiger partial charge on any atom is -0.365 e. The molecule has 5 heteroatoms. The molecule has 21 heavy (non-hydrogen) atoms. The summed E-state index contributed by atoms with van der Waals surface area (Å²) < 4.78 is 5.77. The van der Waals surface area contributed by atoms with Crippen LogP contribution in [-0.2, 0) is 16.1 Å². The average molecular weight is 287 g/mol. The summed E-state index contributed by atoms with van der Waals surface area (Å²) in [5, 5.41) is 0. The molecule has 0 N–H and O–H groups in total. The van der Waals surface area contributed by atoms with Crippen molar-refractivity contribution in [1.82, 2.24) is 14.8 Å². The smallest absolute Gasteiger partial charge is 0.249 e. The fourth-order valence-electron chi connectivity index (χ4n) is 3.45. The molecule has 2 atom stereocenters. The molecule has 5 nitrogen and oxygen atoms in total. The van der Waals surface area contributed by atoms with Crippen molar-refractivity contribution in [2.24, 2.45) is 5.92 Å². The van der Waals surface area contributed by atoms with E-state index >= 15 is 0 Å². The van der Waals surface area contributed by atoms with Gasteiger partial charge >= 0.3 is 0 Å². The molecule has 3 aliphatic rings. The van der Waals surface area contributed by atoms with E-state index in [1.807, 2.05) is 17.0 Å². The zero-order chi connectivity index (χ0) is 14.2. The minimum atomic E-state index is 0.112. The van der Waals surface area contributed by atoms with Gasteiger partial charge in [-0.3, -0.25) is 14.7 Å². The second-order valence-electron chi connectivity index (χ2n) is 6.46. The summed E-state index contributed by atoms with van der Waals surface area (Å²) in [6.07, 6.45) is 6.49. The van der Waals surface area contributed by atoms with Crippen molar-refractivity contribution >= 4 is 5.91 Å². The Morgan fingerprint density at radius 3 is 2.81 bits per heavy atom. The molecule has 2 aliphatic heterocycles. The van der Waals surface area contributed by atoms with Crippen molar-refractivity contribution < 1.29 is 9.53 Å². The first-order chi connectivity index (χ1) is 10.3. The second-order valence-corrected chi connectivity index (χ2v) is 6.46. The van der Waals surface area contributed by atoms with Gasteiger partial charge in [-0.25, -0.2) is 0 Å². The summed E-state index contributed by atoms with van der Waals surface area (Å²) in [6, 6.07) is 4.17. The highest BCUT2D eigenvalue weighted by Gasteiger charge is 2.43. The van der Waals surface area contributed by atoms with Gasteiger partial charge in [-0.15, -0.1) is 0 Å². The topological polar surface area (TPSA) is 45.7 Å². The number of carbonyl (C=O) groups is 1. The highest BCUT2D eigenvalue weighted by molar-refractivity contribution is 5.78. The van der Waals surface area contributed by atoms with E-state index in [2.05, 4.69) is 9.88 Å². The fraction of sp³-hybridized carbons (Fsp3) is 0.625. The molecular formula is C16H21N3O2. The Balaban J connectivity index is 1.47. The highest BCUT2D eigenvalue weighted by atomic mass is 16.5. The lowest BCUT2D eigenvalue weighted by Crippen LogP contribution is -2.53. The van der Waals surface area contributed by atoms with Crippen LogP contribution in [0.15, 0.2) is 24.5 Å². The van der Waals surface area contributed by atoms with Crippen molar-refractivity contribution in [2.45, 2.75) is 31.5 Å². The molecule has 0 bridgehead atoms. The van der Waals surface area contributed by atoms with Crippen LogP contribution in [0.4, 0.5) is 0 Å². The van der Waals surface area contributed by atoms with E-state index in [1.165, 1.54) is 19.4 Å². The SMILES string of the molecule is O=C1CO[C@@H]2CN(CC3CC3)C[C@H]2N1Cc1ccncc1. The van der Waals surface area contributed by atoms with Gasteiger partial charge in [0.05, 0.1) is 12.1 Å². The van der Waals surface area contributed by atoms with E-state index in [0.29, 0.717) is 6.54 Å². The maximum absolute atomic E-state index is 12.2. The van der Waals surface area contributed by atoms with Gasteiger partial charge in [0.15, 0.2) is 0 Å². The van der Waals surface area contributed by atoms with Crippen molar-refractivity contribution in [2.75, 3.05) is 26.2 Å². The third-order valence-corrected chi connectivity index (χ3v) is 4.77. The normalized spacial score (nSPS) is 29.7. The van der Waals surface area contributed by atoms with Crippen LogP contribution in [0.5, 0.6) is 0 Å². The molecule has 3 fully saturated rings. The van der Waals surface area contributed by atoms with Crippen molar-refractivity contribution in [3.63, 3.8) is 0 Å². The monoisotopic (exact) mass is 287 g/mol. The van der Waals surface area contributed by atoms with Crippen LogP contribution in [0.25, 0.3) is 0 Å². The molecule has 3 heterocycles. The number of ether oxygens (including phenoxy) is 1. The Morgan fingerprint density at radius 1 is 1.24 bits per heavy atom. The number of rotatable bonds is 4. The van der Waals surface area contributed by atoms with Crippen LogP contribution < -0.4 is 0 Å². The summed E-state index contributed by atoms with van der Waals surface area (Å²) in [5.74, 6) is 0.996. The van der Waals surface area contributed by atoms with Crippen LogP contribution >= 0.6 is 0 Å². The zero-order valence-electron chi connectivity index (χ0n) is 12.1. The molecule has 1 aromatic rings. The van der Waals surface area contributed by atoms with E-state index in [0.717, 1.165) is 24.6 Å². The Kier molecular flexibility index (Phi) is 3.39. The molecule has 1 aromatic heterocycles. The minimum absolute atomic E-state index is 0.112. The fourth-order valence-corrected chi connectivity index (χ4v) is 3.45. The predicted octanol–water partition coefficient (Wildman–Crippen LogP) is 0.903. The first-order valence-electron chi connectivity index (χ1n) is 7.82. The number of carbonyl (C=O) groups excluding carboxylic acids is 1. The molecule has 0 spiro atoms. The molecule has 0 aromatic carbocycles. The van der Waals surface area contributed by atoms with Gasteiger partial charge in [0, 0.05) is 38.6 Å². The van der Waals surface area contributed by atoms with Gasteiger partial charge in [-0.2, -0.15) is 0 Å². The number of hydrogen-bond donors (Lipinski definition) is 0. The van der Waals surface area contributed by atoms with E-state index in [1.54, 1.807) is 12.4 Å². The largest absolute Gasteiger partial charge is 0.365 e. The summed E-state index contributed by atoms with van der Waals surface area (Å²) in [4.78, 5) is 20.8. The Labute approximate surface area is 124 Å². The lowest BCUT2D eigenvalue weighted by molar-refractivity contribution is -0.153. The van der Waals surface area contributed by atoms with Crippen molar-refractivity contribution in [3.05, 3.63) is 30.1 Å². The van der Waals surface area contributed by atoms with Crippen molar-refractivity contribution in [3.8, 4) is 0 Å². The first-order valence-corrected chi connectivity index (χ1v) is 7.82. The summed E-state index contributed by atoms with van der Waals surface area (Å²) in [7, 11) is 0. The first kappa shape index (κ1) is 13.2. The second kappa shape index (κ2) is 5.39. The number of pyridine rings is 1. The van der Waals surface area contributed by atoms with Crippen LogP contribution in [0.3, 0.4) is 0 Å². The Hall–Kier alpha value is -1.46.